The van der Waals surface area contributed by atoms with Crippen LogP contribution in [-0.4, -0.2) is 49.3 Å². The minimum Gasteiger partial charge on any atom is -0.469 e. The van der Waals surface area contributed by atoms with E-state index in [2.05, 4.69) is 15.5 Å². The lowest BCUT2D eigenvalue weighted by atomic mass is 10.2. The Balaban J connectivity index is 1.37. The van der Waals surface area contributed by atoms with Gasteiger partial charge in [-0.05, 0) is 32.4 Å². The SMILES string of the molecule is Cc1occc1CNC(=O)NC[C@@H]1CN2CCC[C@H]2CO1. The van der Waals surface area contributed by atoms with Crippen molar-refractivity contribution in [1.29, 1.82) is 0 Å². The number of furan rings is 1. The molecule has 21 heavy (non-hydrogen) atoms. The Labute approximate surface area is 124 Å². The zero-order valence-electron chi connectivity index (χ0n) is 12.4. The van der Waals surface area contributed by atoms with Gasteiger partial charge in [0.25, 0.3) is 0 Å². The molecule has 2 fully saturated rings. The number of urea groups is 1. The highest BCUT2D eigenvalue weighted by molar-refractivity contribution is 5.73. The number of hydrogen-bond donors (Lipinski definition) is 2. The molecule has 2 aliphatic heterocycles. The van der Waals surface area contributed by atoms with Crippen LogP contribution in [0.3, 0.4) is 0 Å². The van der Waals surface area contributed by atoms with Crippen LogP contribution in [0.25, 0.3) is 0 Å². The van der Waals surface area contributed by atoms with Gasteiger partial charge < -0.3 is 19.8 Å². The summed E-state index contributed by atoms with van der Waals surface area (Å²) in [6, 6.07) is 2.30. The van der Waals surface area contributed by atoms with Gasteiger partial charge in [0.15, 0.2) is 0 Å². The van der Waals surface area contributed by atoms with Gasteiger partial charge >= 0.3 is 6.03 Å². The number of nitrogens with one attached hydrogen (secondary N) is 2. The second-order valence-corrected chi connectivity index (χ2v) is 5.81. The number of hydrogen-bond acceptors (Lipinski definition) is 4. The Bertz CT molecular complexity index is 488. The molecule has 0 aromatic carbocycles. The predicted octanol–water partition coefficient (Wildman–Crippen LogP) is 1.25. The van der Waals surface area contributed by atoms with Crippen LogP contribution < -0.4 is 10.6 Å². The molecule has 0 radical (unpaired) electrons. The van der Waals surface area contributed by atoms with Gasteiger partial charge in [0.05, 0.1) is 19.0 Å². The Morgan fingerprint density at radius 3 is 3.19 bits per heavy atom. The second kappa shape index (κ2) is 6.49. The van der Waals surface area contributed by atoms with Crippen molar-refractivity contribution in [2.24, 2.45) is 0 Å². The maximum atomic E-state index is 11.8. The number of aryl methyl sites for hydroxylation is 1. The topological polar surface area (TPSA) is 66.7 Å². The fraction of sp³-hybridized carbons (Fsp3) is 0.667. The number of carbonyl (C=O) groups is 1. The van der Waals surface area contributed by atoms with Crippen molar-refractivity contribution >= 4 is 6.03 Å². The van der Waals surface area contributed by atoms with Crippen LogP contribution >= 0.6 is 0 Å². The van der Waals surface area contributed by atoms with E-state index in [4.69, 9.17) is 9.15 Å². The number of ether oxygens (including phenoxy) is 1. The minimum atomic E-state index is -0.164. The third kappa shape index (κ3) is 3.57. The van der Waals surface area contributed by atoms with Crippen LogP contribution in [0.15, 0.2) is 16.7 Å². The molecule has 6 nitrogen and oxygen atoms in total. The molecule has 2 saturated heterocycles. The summed E-state index contributed by atoms with van der Waals surface area (Å²) in [5.41, 5.74) is 0.999. The zero-order valence-corrected chi connectivity index (χ0v) is 12.4. The molecule has 0 spiro atoms. The lowest BCUT2D eigenvalue weighted by Gasteiger charge is -2.35. The van der Waals surface area contributed by atoms with Gasteiger partial charge in [0.2, 0.25) is 0 Å². The molecule has 2 N–H and O–H groups in total. The van der Waals surface area contributed by atoms with E-state index in [1.807, 2.05) is 13.0 Å². The molecule has 116 valence electrons. The van der Waals surface area contributed by atoms with Crippen molar-refractivity contribution in [1.82, 2.24) is 15.5 Å². The molecule has 0 bridgehead atoms. The molecule has 2 aliphatic rings. The maximum absolute atomic E-state index is 11.8. The van der Waals surface area contributed by atoms with Gasteiger partial charge in [-0.2, -0.15) is 0 Å². The smallest absolute Gasteiger partial charge is 0.315 e. The number of fused-ring (bicyclic) bond motifs is 1. The Morgan fingerprint density at radius 2 is 2.38 bits per heavy atom. The van der Waals surface area contributed by atoms with Gasteiger partial charge in [0, 0.05) is 31.2 Å². The summed E-state index contributed by atoms with van der Waals surface area (Å²) in [7, 11) is 0. The highest BCUT2D eigenvalue weighted by atomic mass is 16.5. The number of rotatable bonds is 4. The molecule has 1 aromatic heterocycles. The Hall–Kier alpha value is -1.53. The van der Waals surface area contributed by atoms with Gasteiger partial charge in [-0.3, -0.25) is 4.90 Å². The molecule has 2 atom stereocenters. The molecule has 2 amide bonds. The summed E-state index contributed by atoms with van der Waals surface area (Å²) >= 11 is 0. The average molecular weight is 293 g/mol. The average Bonchev–Trinajstić information content (AvgIpc) is 3.11. The van der Waals surface area contributed by atoms with Crippen molar-refractivity contribution in [2.45, 2.75) is 38.5 Å². The van der Waals surface area contributed by atoms with E-state index in [0.717, 1.165) is 31.0 Å². The first-order chi connectivity index (χ1) is 10.2. The molecule has 0 unspecified atom stereocenters. The summed E-state index contributed by atoms with van der Waals surface area (Å²) < 4.78 is 11.0. The summed E-state index contributed by atoms with van der Waals surface area (Å²) in [6.45, 7) is 5.80. The van der Waals surface area contributed by atoms with Crippen LogP contribution in [0.4, 0.5) is 4.79 Å². The standard InChI is InChI=1S/C15H23N3O3/c1-11-12(4-6-20-11)7-16-15(19)17-8-14-9-18-5-2-3-13(18)10-21-14/h4,6,13-14H,2-3,5,7-10H2,1H3,(H2,16,17,19)/t13-,14+/m0/s1. The van der Waals surface area contributed by atoms with Gasteiger partial charge in [-0.25, -0.2) is 4.79 Å². The predicted molar refractivity (Wildman–Crippen MR) is 78.0 cm³/mol. The number of amides is 2. The normalized spacial score (nSPS) is 25.6. The van der Waals surface area contributed by atoms with Crippen LogP contribution in [-0.2, 0) is 11.3 Å². The van der Waals surface area contributed by atoms with E-state index in [1.165, 1.54) is 12.8 Å². The van der Waals surface area contributed by atoms with Crippen molar-refractivity contribution in [3.05, 3.63) is 23.7 Å². The summed E-state index contributed by atoms with van der Waals surface area (Å²) in [4.78, 5) is 14.3. The summed E-state index contributed by atoms with van der Waals surface area (Å²) in [5, 5.41) is 5.71. The molecular weight excluding hydrogens is 270 g/mol. The van der Waals surface area contributed by atoms with Crippen LogP contribution in [0.2, 0.25) is 0 Å². The molecule has 6 heteroatoms. The number of nitrogens with zero attached hydrogens (tertiary/aromatic N) is 1. The van der Waals surface area contributed by atoms with E-state index in [9.17, 15) is 4.79 Å². The van der Waals surface area contributed by atoms with Gasteiger partial charge in [-0.15, -0.1) is 0 Å². The first-order valence-electron chi connectivity index (χ1n) is 7.62. The fourth-order valence-corrected chi connectivity index (χ4v) is 3.05. The van der Waals surface area contributed by atoms with E-state index in [0.29, 0.717) is 19.1 Å². The third-order valence-corrected chi connectivity index (χ3v) is 4.36. The van der Waals surface area contributed by atoms with Gasteiger partial charge in [-0.1, -0.05) is 0 Å². The van der Waals surface area contributed by atoms with E-state index in [-0.39, 0.29) is 12.1 Å². The first-order valence-corrected chi connectivity index (χ1v) is 7.62. The molecule has 3 heterocycles. The highest BCUT2D eigenvalue weighted by Crippen LogP contribution is 2.22. The van der Waals surface area contributed by atoms with Crippen molar-refractivity contribution in [3.8, 4) is 0 Å². The molecule has 3 rings (SSSR count). The van der Waals surface area contributed by atoms with Gasteiger partial charge in [0.1, 0.15) is 5.76 Å². The first kappa shape index (κ1) is 14.4. The molecule has 0 aliphatic carbocycles. The number of carbonyl (C=O) groups excluding carboxylic acids is 1. The Morgan fingerprint density at radius 1 is 1.48 bits per heavy atom. The monoisotopic (exact) mass is 293 g/mol. The van der Waals surface area contributed by atoms with Crippen molar-refractivity contribution in [3.63, 3.8) is 0 Å². The van der Waals surface area contributed by atoms with Crippen LogP contribution in [0, 0.1) is 6.92 Å². The third-order valence-electron chi connectivity index (χ3n) is 4.36. The second-order valence-electron chi connectivity index (χ2n) is 5.81. The minimum absolute atomic E-state index is 0.0979. The quantitative estimate of drug-likeness (QED) is 0.877. The van der Waals surface area contributed by atoms with E-state index >= 15 is 0 Å². The van der Waals surface area contributed by atoms with Crippen molar-refractivity contribution in [2.75, 3.05) is 26.2 Å². The summed E-state index contributed by atoms with van der Waals surface area (Å²) in [6.07, 6.45) is 4.23. The zero-order chi connectivity index (χ0) is 14.7. The molecular formula is C15H23N3O3. The maximum Gasteiger partial charge on any atom is 0.315 e. The fourth-order valence-electron chi connectivity index (χ4n) is 3.05. The largest absolute Gasteiger partial charge is 0.469 e. The van der Waals surface area contributed by atoms with Crippen LogP contribution in [0.1, 0.15) is 24.2 Å². The Kier molecular flexibility index (Phi) is 4.45. The van der Waals surface area contributed by atoms with Crippen LogP contribution in [0.5, 0.6) is 0 Å². The molecule has 1 aromatic rings. The lowest BCUT2D eigenvalue weighted by Crippen LogP contribution is -2.51. The summed E-state index contributed by atoms with van der Waals surface area (Å²) in [5.74, 6) is 0.839. The lowest BCUT2D eigenvalue weighted by molar-refractivity contribution is -0.0457. The highest BCUT2D eigenvalue weighted by Gasteiger charge is 2.32. The van der Waals surface area contributed by atoms with E-state index in [1.54, 1.807) is 6.26 Å². The van der Waals surface area contributed by atoms with Crippen molar-refractivity contribution < 1.29 is 13.9 Å². The van der Waals surface area contributed by atoms with E-state index < -0.39 is 0 Å². The molecule has 0 saturated carbocycles. The number of morpholine rings is 1.